The molecule has 0 aromatic carbocycles. The number of hydrogen-bond donors (Lipinski definition) is 12. The van der Waals surface area contributed by atoms with Crippen molar-refractivity contribution in [3.8, 4) is 0 Å². The van der Waals surface area contributed by atoms with E-state index in [0.717, 1.165) is 19.3 Å². The van der Waals surface area contributed by atoms with E-state index in [4.69, 9.17) is 37.9 Å². The Bertz CT molecular complexity index is 1690. The molecule has 4 saturated heterocycles. The second-order valence-corrected chi connectivity index (χ2v) is 21.3. The summed E-state index contributed by atoms with van der Waals surface area (Å²) in [5.41, 5.74) is -0.445. The van der Waals surface area contributed by atoms with Crippen LogP contribution in [-0.2, 0) is 37.9 Å². The van der Waals surface area contributed by atoms with Gasteiger partial charge in [0.1, 0.15) is 73.2 Å². The lowest BCUT2D eigenvalue weighted by atomic mass is 9.45. The van der Waals surface area contributed by atoms with Crippen molar-refractivity contribution in [2.24, 2.45) is 40.4 Å². The number of methoxy groups -OCH3 is 1. The standard InChI is InChI=1S/C46H76O20/c1-20(19-60-40-36(55)33(52)31(50)27(16-47)62-40)8-13-46(59-5)21(2)30-26(66-46)15-45(58)25-7-6-22-14-23(9-11-43(22,3)24(25)10-12-44(30,45)4)61-41-38(57)35(54)39(29(18-49)64-41)65-42-37(56)34(53)32(51)28(17-48)63-42/h6,20-21,23-42,47-58H,7-19H2,1-5H3/t20-,21-,23-,24-,25-,26-,27-,28-,29-,30-,31-,32-,33+,34+,35-,36-,37-,38-,39-,40-,41-,42+,43-,44-,45-,46+/m0/s1. The minimum Gasteiger partial charge on any atom is -0.394 e. The summed E-state index contributed by atoms with van der Waals surface area (Å²) in [6, 6.07) is 0. The van der Waals surface area contributed by atoms with Crippen molar-refractivity contribution in [1.29, 1.82) is 0 Å². The van der Waals surface area contributed by atoms with Crippen LogP contribution in [0.3, 0.4) is 0 Å². The summed E-state index contributed by atoms with van der Waals surface area (Å²) in [4.78, 5) is 0. The Morgan fingerprint density at radius 2 is 1.32 bits per heavy atom. The van der Waals surface area contributed by atoms with Gasteiger partial charge in [-0.05, 0) is 68.1 Å². The molecule has 8 rings (SSSR count). The van der Waals surface area contributed by atoms with Crippen molar-refractivity contribution in [2.45, 2.75) is 201 Å². The van der Waals surface area contributed by atoms with Crippen molar-refractivity contribution < 1.29 is 99.2 Å². The number of ether oxygens (including phenoxy) is 8. The Morgan fingerprint density at radius 1 is 0.727 bits per heavy atom. The summed E-state index contributed by atoms with van der Waals surface area (Å²) in [7, 11) is 1.67. The molecule has 4 heterocycles. The third-order valence-corrected chi connectivity index (χ3v) is 17.9. The van der Waals surface area contributed by atoms with E-state index in [0.29, 0.717) is 38.5 Å². The van der Waals surface area contributed by atoms with Gasteiger partial charge in [-0.1, -0.05) is 39.3 Å². The smallest absolute Gasteiger partial charge is 0.187 e. The van der Waals surface area contributed by atoms with E-state index in [1.807, 2.05) is 6.92 Å². The molecule has 0 spiro atoms. The molecule has 0 aromatic rings. The zero-order valence-corrected chi connectivity index (χ0v) is 38.6. The summed E-state index contributed by atoms with van der Waals surface area (Å²) < 4.78 is 48.0. The van der Waals surface area contributed by atoms with E-state index in [9.17, 15) is 61.3 Å². The van der Waals surface area contributed by atoms with Gasteiger partial charge in [0, 0.05) is 37.2 Å². The molecule has 8 aliphatic rings. The summed E-state index contributed by atoms with van der Waals surface area (Å²) in [5.74, 6) is -0.745. The van der Waals surface area contributed by atoms with Gasteiger partial charge in [0.15, 0.2) is 24.7 Å². The normalized spacial score (nSPS) is 54.2. The van der Waals surface area contributed by atoms with Gasteiger partial charge in [-0.2, -0.15) is 0 Å². The quantitative estimate of drug-likeness (QED) is 0.0831. The monoisotopic (exact) mass is 948 g/mol. The molecule has 26 atom stereocenters. The highest BCUT2D eigenvalue weighted by atomic mass is 16.7. The predicted octanol–water partition coefficient (Wildman–Crippen LogP) is -2.09. The molecule has 12 N–H and O–H groups in total. The number of aliphatic hydroxyl groups excluding tert-OH is 11. The van der Waals surface area contributed by atoms with Gasteiger partial charge in [-0.15, -0.1) is 0 Å². The number of rotatable bonds is 14. The third kappa shape index (κ3) is 8.46. The highest BCUT2D eigenvalue weighted by Gasteiger charge is 2.74. The second-order valence-electron chi connectivity index (χ2n) is 21.3. The van der Waals surface area contributed by atoms with Crippen molar-refractivity contribution in [3.05, 3.63) is 11.6 Å². The molecule has 380 valence electrons. The van der Waals surface area contributed by atoms with Gasteiger partial charge >= 0.3 is 0 Å². The molecule has 20 heteroatoms. The first kappa shape index (κ1) is 51.3. The lowest BCUT2D eigenvalue weighted by molar-refractivity contribution is -0.363. The average Bonchev–Trinajstić information content (AvgIpc) is 3.71. The average molecular weight is 949 g/mol. The van der Waals surface area contributed by atoms with Crippen molar-refractivity contribution >= 4 is 0 Å². The van der Waals surface area contributed by atoms with Crippen LogP contribution in [0.25, 0.3) is 0 Å². The van der Waals surface area contributed by atoms with E-state index in [-0.39, 0.29) is 47.7 Å². The summed E-state index contributed by atoms with van der Waals surface area (Å²) in [5, 5.41) is 126. The van der Waals surface area contributed by atoms with Gasteiger partial charge in [0.25, 0.3) is 0 Å². The van der Waals surface area contributed by atoms with Crippen LogP contribution in [0.2, 0.25) is 0 Å². The van der Waals surface area contributed by atoms with Crippen molar-refractivity contribution in [2.75, 3.05) is 33.5 Å². The van der Waals surface area contributed by atoms with E-state index >= 15 is 0 Å². The van der Waals surface area contributed by atoms with Crippen LogP contribution in [0.15, 0.2) is 11.6 Å². The van der Waals surface area contributed by atoms with Gasteiger partial charge < -0.3 is 99.2 Å². The molecule has 3 saturated carbocycles. The zero-order chi connectivity index (χ0) is 47.8. The molecule has 7 fully saturated rings. The SMILES string of the molecule is CO[C@]1(CC[C@H](C)CO[C@H]2O[C@@H](CO)[C@H](O)[C@@H](O)[C@@H]2O)O[C@H]2C[C@]3(O)[C@H]4CC=C5C[C@@H](O[C@H]6O[C@@H](CO)[C@H](O[C@H]7O[C@@H](CO)[C@H](O)[C@@H](O)[C@@H]7O)[C@@H](O)[C@@H]6O)CC[C@]5(C)[C@H]4CC[C@@]3(C)[C@H]2[C@@H]1C. The van der Waals surface area contributed by atoms with Gasteiger partial charge in [0.2, 0.25) is 0 Å². The maximum atomic E-state index is 13.1. The highest BCUT2D eigenvalue weighted by Crippen LogP contribution is 2.72. The van der Waals surface area contributed by atoms with Crippen LogP contribution in [0.5, 0.6) is 0 Å². The Kier molecular flexibility index (Phi) is 15.2. The van der Waals surface area contributed by atoms with Crippen LogP contribution in [0.4, 0.5) is 0 Å². The lowest BCUT2D eigenvalue weighted by Gasteiger charge is -2.61. The minimum absolute atomic E-state index is 0.00927. The lowest BCUT2D eigenvalue weighted by Crippen LogP contribution is -2.65. The van der Waals surface area contributed by atoms with Crippen molar-refractivity contribution in [1.82, 2.24) is 0 Å². The fourth-order valence-corrected chi connectivity index (χ4v) is 13.9. The molecular formula is C46H76O20. The fraction of sp³-hybridized carbons (Fsp3) is 0.957. The second kappa shape index (κ2) is 19.5. The van der Waals surface area contributed by atoms with Gasteiger partial charge in [-0.25, -0.2) is 0 Å². The fourth-order valence-electron chi connectivity index (χ4n) is 13.9. The topological polar surface area (TPSA) is 317 Å². The maximum absolute atomic E-state index is 13.1. The Labute approximate surface area is 385 Å². The van der Waals surface area contributed by atoms with Crippen LogP contribution in [0.1, 0.15) is 85.5 Å². The van der Waals surface area contributed by atoms with Crippen LogP contribution in [0, 0.1) is 40.4 Å². The Hall–Kier alpha value is -1.06. The molecule has 0 radical (unpaired) electrons. The highest BCUT2D eigenvalue weighted by molar-refractivity contribution is 5.29. The van der Waals surface area contributed by atoms with E-state index < -0.39 is 135 Å². The maximum Gasteiger partial charge on any atom is 0.187 e. The molecule has 4 aliphatic heterocycles. The molecule has 66 heavy (non-hydrogen) atoms. The van der Waals surface area contributed by atoms with E-state index in [1.54, 1.807) is 7.11 Å². The molecule has 0 aromatic heterocycles. The molecule has 20 nitrogen and oxygen atoms in total. The first-order chi connectivity index (χ1) is 31.2. The summed E-state index contributed by atoms with van der Waals surface area (Å²) >= 11 is 0. The number of hydrogen-bond acceptors (Lipinski definition) is 20. The molecule has 0 unspecified atom stereocenters. The van der Waals surface area contributed by atoms with Crippen LogP contribution < -0.4 is 0 Å². The number of aliphatic hydroxyl groups is 12. The van der Waals surface area contributed by atoms with Gasteiger partial charge in [-0.3, -0.25) is 0 Å². The molecular weight excluding hydrogens is 872 g/mol. The minimum atomic E-state index is -1.77. The largest absolute Gasteiger partial charge is 0.394 e. The molecule has 4 aliphatic carbocycles. The number of fused-ring (bicyclic) bond motifs is 7. The predicted molar refractivity (Wildman–Crippen MR) is 225 cm³/mol. The van der Waals surface area contributed by atoms with E-state index in [2.05, 4.69) is 26.8 Å². The molecule has 0 bridgehead atoms. The Balaban J connectivity index is 0.880. The van der Waals surface area contributed by atoms with Crippen molar-refractivity contribution in [3.63, 3.8) is 0 Å². The van der Waals surface area contributed by atoms with Crippen LogP contribution >= 0.6 is 0 Å². The first-order valence-corrected chi connectivity index (χ1v) is 24.0. The summed E-state index contributed by atoms with van der Waals surface area (Å²) in [6.07, 6.45) is -14.4. The van der Waals surface area contributed by atoms with Gasteiger partial charge in [0.05, 0.1) is 44.2 Å². The third-order valence-electron chi connectivity index (χ3n) is 17.9. The molecule has 0 amide bonds. The number of allylic oxidation sites excluding steroid dienone is 1. The van der Waals surface area contributed by atoms with E-state index in [1.165, 1.54) is 5.57 Å². The summed E-state index contributed by atoms with van der Waals surface area (Å²) in [6.45, 7) is 6.96. The van der Waals surface area contributed by atoms with Crippen LogP contribution in [-0.4, -0.2) is 211 Å². The first-order valence-electron chi connectivity index (χ1n) is 24.0. The Morgan fingerprint density at radius 3 is 1.95 bits per heavy atom. The zero-order valence-electron chi connectivity index (χ0n) is 38.6.